The third-order valence-corrected chi connectivity index (χ3v) is 3.12. The van der Waals surface area contributed by atoms with Gasteiger partial charge in [0.15, 0.2) is 0 Å². The minimum absolute atomic E-state index is 0.706. The second-order valence-electron chi connectivity index (χ2n) is 4.50. The Kier molecular flexibility index (Phi) is 3.44. The zero-order valence-electron chi connectivity index (χ0n) is 9.65. The van der Waals surface area contributed by atoms with E-state index < -0.39 is 0 Å². The molecule has 0 saturated carbocycles. The van der Waals surface area contributed by atoms with Crippen molar-refractivity contribution in [1.29, 1.82) is 0 Å². The predicted octanol–water partition coefficient (Wildman–Crippen LogP) is 2.49. The molecular weight excluding hydrogens is 200 g/mol. The van der Waals surface area contributed by atoms with Crippen LogP contribution in [0.3, 0.4) is 0 Å². The fourth-order valence-electron chi connectivity index (χ4n) is 2.26. The first-order valence-corrected chi connectivity index (χ1v) is 5.85. The van der Waals surface area contributed by atoms with Gasteiger partial charge in [0.1, 0.15) is 0 Å². The summed E-state index contributed by atoms with van der Waals surface area (Å²) in [5.41, 5.74) is 2.10. The maximum Gasteiger partial charge on any atom is 0.211 e. The summed E-state index contributed by atoms with van der Waals surface area (Å²) in [6.07, 6.45) is 3.31. The second-order valence-corrected chi connectivity index (χ2v) is 4.50. The summed E-state index contributed by atoms with van der Waals surface area (Å²) in [6, 6.07) is 8.04. The molecule has 0 aromatic heterocycles. The Morgan fingerprint density at radius 3 is 2.75 bits per heavy atom. The average Bonchev–Trinajstić information content (AvgIpc) is 2.30. The smallest absolute Gasteiger partial charge is 0.211 e. The number of hydrogen-bond acceptors (Lipinski definition) is 2. The highest BCUT2D eigenvalue weighted by molar-refractivity contribution is 5.72. The summed E-state index contributed by atoms with van der Waals surface area (Å²) in [7, 11) is 0. The molecule has 3 nitrogen and oxygen atoms in total. The first kappa shape index (κ1) is 11.0. The molecule has 1 aromatic rings. The van der Waals surface area contributed by atoms with E-state index in [4.69, 9.17) is 0 Å². The number of amides is 1. The van der Waals surface area contributed by atoms with E-state index in [1.165, 1.54) is 18.5 Å². The van der Waals surface area contributed by atoms with E-state index in [1.54, 1.807) is 0 Å². The van der Waals surface area contributed by atoms with E-state index >= 15 is 0 Å². The maximum absolute atomic E-state index is 10.3. The van der Waals surface area contributed by atoms with E-state index in [0.29, 0.717) is 6.41 Å². The van der Waals surface area contributed by atoms with Crippen LogP contribution in [0.4, 0.5) is 11.4 Å². The van der Waals surface area contributed by atoms with Gasteiger partial charge in [-0.25, -0.2) is 0 Å². The molecule has 16 heavy (non-hydrogen) atoms. The summed E-state index contributed by atoms with van der Waals surface area (Å²) < 4.78 is 0. The first-order valence-electron chi connectivity index (χ1n) is 5.85. The summed E-state index contributed by atoms with van der Waals surface area (Å²) in [4.78, 5) is 12.7. The van der Waals surface area contributed by atoms with Gasteiger partial charge in [-0.1, -0.05) is 6.92 Å². The molecule has 0 aliphatic carbocycles. The molecule has 1 aliphatic heterocycles. The quantitative estimate of drug-likeness (QED) is 0.790. The Morgan fingerprint density at radius 2 is 2.12 bits per heavy atom. The van der Waals surface area contributed by atoms with E-state index in [-0.39, 0.29) is 0 Å². The SMILES string of the molecule is CC1CCCN(c2ccc(NC=O)cc2)C1. The van der Waals surface area contributed by atoms with Gasteiger partial charge in [0.05, 0.1) is 0 Å². The molecule has 1 atom stereocenters. The number of piperidine rings is 1. The Balaban J connectivity index is 2.05. The average molecular weight is 218 g/mol. The van der Waals surface area contributed by atoms with Crippen LogP contribution in [0, 0.1) is 5.92 Å². The van der Waals surface area contributed by atoms with Crippen molar-refractivity contribution in [3.05, 3.63) is 24.3 Å². The van der Waals surface area contributed by atoms with Crippen molar-refractivity contribution in [3.63, 3.8) is 0 Å². The molecule has 1 amide bonds. The second kappa shape index (κ2) is 5.01. The number of rotatable bonds is 3. The summed E-state index contributed by atoms with van der Waals surface area (Å²) in [5.74, 6) is 0.779. The molecule has 3 heteroatoms. The van der Waals surface area contributed by atoms with Crippen molar-refractivity contribution in [2.24, 2.45) is 5.92 Å². The van der Waals surface area contributed by atoms with Crippen LogP contribution in [0.25, 0.3) is 0 Å². The number of hydrogen-bond donors (Lipinski definition) is 1. The highest BCUT2D eigenvalue weighted by Crippen LogP contribution is 2.23. The molecule has 0 spiro atoms. The molecule has 1 aliphatic rings. The van der Waals surface area contributed by atoms with E-state index in [0.717, 1.165) is 24.7 Å². The van der Waals surface area contributed by atoms with E-state index in [9.17, 15) is 4.79 Å². The van der Waals surface area contributed by atoms with Crippen molar-refractivity contribution in [1.82, 2.24) is 0 Å². The Labute approximate surface area is 96.5 Å². The summed E-state index contributed by atoms with van der Waals surface area (Å²) in [6.45, 7) is 4.58. The highest BCUT2D eigenvalue weighted by atomic mass is 16.1. The van der Waals surface area contributed by atoms with E-state index in [2.05, 4.69) is 29.3 Å². The van der Waals surface area contributed by atoms with Crippen LogP contribution in [-0.4, -0.2) is 19.5 Å². The molecule has 1 heterocycles. The molecule has 86 valence electrons. The number of carbonyl (C=O) groups excluding carboxylic acids is 1. The monoisotopic (exact) mass is 218 g/mol. The molecule has 1 saturated heterocycles. The Bertz CT molecular complexity index is 347. The predicted molar refractivity (Wildman–Crippen MR) is 66.7 cm³/mol. The lowest BCUT2D eigenvalue weighted by Gasteiger charge is -2.32. The van der Waals surface area contributed by atoms with Crippen LogP contribution in [0.15, 0.2) is 24.3 Å². The molecule has 2 rings (SSSR count). The Hall–Kier alpha value is -1.51. The number of benzene rings is 1. The van der Waals surface area contributed by atoms with Crippen molar-refractivity contribution in [2.75, 3.05) is 23.3 Å². The molecule has 1 N–H and O–H groups in total. The van der Waals surface area contributed by atoms with Crippen LogP contribution >= 0.6 is 0 Å². The van der Waals surface area contributed by atoms with Gasteiger partial charge in [0, 0.05) is 24.5 Å². The van der Waals surface area contributed by atoms with Crippen molar-refractivity contribution in [3.8, 4) is 0 Å². The minimum Gasteiger partial charge on any atom is -0.371 e. The highest BCUT2D eigenvalue weighted by Gasteiger charge is 2.16. The molecule has 1 unspecified atom stereocenters. The number of nitrogens with zero attached hydrogens (tertiary/aromatic N) is 1. The fraction of sp³-hybridized carbons (Fsp3) is 0.462. The van der Waals surface area contributed by atoms with Gasteiger partial charge in [-0.3, -0.25) is 4.79 Å². The number of nitrogens with one attached hydrogen (secondary N) is 1. The van der Waals surface area contributed by atoms with Crippen LogP contribution in [-0.2, 0) is 4.79 Å². The van der Waals surface area contributed by atoms with Crippen LogP contribution < -0.4 is 10.2 Å². The number of anilines is 2. The summed E-state index contributed by atoms with van der Waals surface area (Å²) >= 11 is 0. The topological polar surface area (TPSA) is 32.3 Å². The maximum atomic E-state index is 10.3. The third kappa shape index (κ3) is 2.54. The molecule has 1 fully saturated rings. The van der Waals surface area contributed by atoms with Gasteiger partial charge in [-0.15, -0.1) is 0 Å². The van der Waals surface area contributed by atoms with Gasteiger partial charge in [-0.05, 0) is 43.0 Å². The van der Waals surface area contributed by atoms with Crippen LogP contribution in [0.5, 0.6) is 0 Å². The van der Waals surface area contributed by atoms with Crippen molar-refractivity contribution >= 4 is 17.8 Å². The third-order valence-electron chi connectivity index (χ3n) is 3.12. The van der Waals surface area contributed by atoms with Gasteiger partial charge in [-0.2, -0.15) is 0 Å². The van der Waals surface area contributed by atoms with Crippen molar-refractivity contribution in [2.45, 2.75) is 19.8 Å². The van der Waals surface area contributed by atoms with Gasteiger partial charge in [0.2, 0.25) is 6.41 Å². The van der Waals surface area contributed by atoms with Gasteiger partial charge >= 0.3 is 0 Å². The lowest BCUT2D eigenvalue weighted by Crippen LogP contribution is -2.34. The van der Waals surface area contributed by atoms with Gasteiger partial charge in [0.25, 0.3) is 0 Å². The number of carbonyl (C=O) groups is 1. The molecule has 1 aromatic carbocycles. The van der Waals surface area contributed by atoms with Crippen molar-refractivity contribution < 1.29 is 4.79 Å². The molecule has 0 radical (unpaired) electrons. The molecule has 0 bridgehead atoms. The lowest BCUT2D eigenvalue weighted by atomic mass is 10.00. The largest absolute Gasteiger partial charge is 0.371 e. The van der Waals surface area contributed by atoms with Crippen LogP contribution in [0.2, 0.25) is 0 Å². The fourth-order valence-corrected chi connectivity index (χ4v) is 2.26. The normalized spacial score (nSPS) is 20.6. The summed E-state index contributed by atoms with van der Waals surface area (Å²) in [5, 5.41) is 2.65. The van der Waals surface area contributed by atoms with Gasteiger partial charge < -0.3 is 10.2 Å². The van der Waals surface area contributed by atoms with Crippen LogP contribution in [0.1, 0.15) is 19.8 Å². The first-order chi connectivity index (χ1) is 7.79. The minimum atomic E-state index is 0.706. The molecular formula is C13H18N2O. The van der Waals surface area contributed by atoms with E-state index in [1.807, 2.05) is 12.1 Å². The lowest BCUT2D eigenvalue weighted by molar-refractivity contribution is -0.105. The standard InChI is InChI=1S/C13H18N2O/c1-11-3-2-8-15(9-11)13-6-4-12(5-7-13)14-10-16/h4-7,10-11H,2-3,8-9H2,1H3,(H,14,16). The zero-order valence-corrected chi connectivity index (χ0v) is 9.65. The zero-order chi connectivity index (χ0) is 11.4. The Morgan fingerprint density at radius 1 is 1.38 bits per heavy atom.